The summed E-state index contributed by atoms with van der Waals surface area (Å²) in [4.78, 5) is 12.2. The van der Waals surface area contributed by atoms with E-state index in [2.05, 4.69) is 5.32 Å². The van der Waals surface area contributed by atoms with E-state index >= 15 is 0 Å². The fourth-order valence-electron chi connectivity index (χ4n) is 1.80. The minimum atomic E-state index is -0.278. The third-order valence-corrected chi connectivity index (χ3v) is 3.38. The summed E-state index contributed by atoms with van der Waals surface area (Å²) in [6.07, 6.45) is 0. The number of aromatic hydroxyl groups is 1. The lowest BCUT2D eigenvalue weighted by molar-refractivity contribution is 0.102. The number of phenolic OH excluding ortho intramolecular Hbond substituents is 1. The van der Waals surface area contributed by atoms with E-state index in [9.17, 15) is 9.90 Å². The van der Waals surface area contributed by atoms with Gasteiger partial charge in [-0.1, -0.05) is 11.6 Å². The Morgan fingerprint density at radius 2 is 1.90 bits per heavy atom. The van der Waals surface area contributed by atoms with Gasteiger partial charge in [-0.3, -0.25) is 4.79 Å². The molecule has 1 amide bonds. The van der Waals surface area contributed by atoms with Crippen LogP contribution in [0.15, 0.2) is 30.3 Å². The molecule has 0 saturated carbocycles. The summed E-state index contributed by atoms with van der Waals surface area (Å²) in [5, 5.41) is 12.7. The molecule has 0 bridgehead atoms. The Kier molecular flexibility index (Phi) is 3.86. The first kappa shape index (κ1) is 14.2. The normalized spacial score (nSPS) is 10.3. The molecule has 4 N–H and O–H groups in total. The number of benzene rings is 2. The molecule has 0 radical (unpaired) electrons. The highest BCUT2D eigenvalue weighted by Gasteiger charge is 2.10. The Hall–Kier alpha value is -2.20. The predicted octanol–water partition coefficient (Wildman–Crippen LogP) is 3.50. The van der Waals surface area contributed by atoms with Gasteiger partial charge in [0.1, 0.15) is 5.75 Å². The number of aryl methyl sites for hydroxylation is 2. The third kappa shape index (κ3) is 2.86. The van der Waals surface area contributed by atoms with E-state index in [1.807, 2.05) is 6.92 Å². The van der Waals surface area contributed by atoms with Gasteiger partial charge in [-0.15, -0.1) is 0 Å². The quantitative estimate of drug-likeness (QED) is 0.585. The number of anilines is 2. The van der Waals surface area contributed by atoms with E-state index in [0.717, 1.165) is 5.56 Å². The van der Waals surface area contributed by atoms with Crippen LogP contribution < -0.4 is 11.1 Å². The lowest BCUT2D eigenvalue weighted by atomic mass is 10.1. The van der Waals surface area contributed by atoms with Crippen molar-refractivity contribution in [2.75, 3.05) is 11.1 Å². The second kappa shape index (κ2) is 5.43. The van der Waals surface area contributed by atoms with Crippen molar-refractivity contribution < 1.29 is 9.90 Å². The summed E-state index contributed by atoms with van der Waals surface area (Å²) in [6, 6.07) is 8.06. The molecule has 0 atom stereocenters. The zero-order valence-corrected chi connectivity index (χ0v) is 12.0. The number of amides is 1. The van der Waals surface area contributed by atoms with E-state index in [1.165, 1.54) is 6.07 Å². The molecular formula is C15H15ClN2O2. The van der Waals surface area contributed by atoms with Gasteiger partial charge in [0, 0.05) is 11.3 Å². The van der Waals surface area contributed by atoms with Crippen LogP contribution in [-0.4, -0.2) is 11.0 Å². The van der Waals surface area contributed by atoms with Crippen molar-refractivity contribution in [2.24, 2.45) is 0 Å². The van der Waals surface area contributed by atoms with Crippen LogP contribution in [0, 0.1) is 13.8 Å². The van der Waals surface area contributed by atoms with Gasteiger partial charge in [0.15, 0.2) is 0 Å². The maximum atomic E-state index is 12.2. The Bertz CT molecular complexity index is 684. The molecule has 0 aromatic heterocycles. The number of carbonyl (C=O) groups excluding carboxylic acids is 1. The summed E-state index contributed by atoms with van der Waals surface area (Å²) < 4.78 is 0. The molecule has 0 aliphatic rings. The van der Waals surface area contributed by atoms with Crippen LogP contribution in [-0.2, 0) is 0 Å². The van der Waals surface area contributed by atoms with Crippen molar-refractivity contribution in [3.63, 3.8) is 0 Å². The number of hydrogen-bond donors (Lipinski definition) is 3. The number of hydrogen-bond acceptors (Lipinski definition) is 3. The average molecular weight is 291 g/mol. The van der Waals surface area contributed by atoms with Crippen LogP contribution in [0.1, 0.15) is 21.5 Å². The number of nitrogen functional groups attached to an aromatic ring is 1. The summed E-state index contributed by atoms with van der Waals surface area (Å²) in [6.45, 7) is 3.58. The Morgan fingerprint density at radius 1 is 1.20 bits per heavy atom. The molecule has 0 heterocycles. The monoisotopic (exact) mass is 290 g/mol. The number of phenols is 1. The maximum Gasteiger partial charge on any atom is 0.255 e. The fourth-order valence-corrected chi connectivity index (χ4v) is 1.98. The molecule has 20 heavy (non-hydrogen) atoms. The van der Waals surface area contributed by atoms with Gasteiger partial charge >= 0.3 is 0 Å². The highest BCUT2D eigenvalue weighted by molar-refractivity contribution is 6.33. The van der Waals surface area contributed by atoms with Crippen molar-refractivity contribution >= 4 is 28.9 Å². The molecule has 104 valence electrons. The second-order valence-corrected chi connectivity index (χ2v) is 5.05. The van der Waals surface area contributed by atoms with Gasteiger partial charge in [0.25, 0.3) is 5.91 Å². The molecule has 5 heteroatoms. The Morgan fingerprint density at radius 3 is 2.55 bits per heavy atom. The van der Waals surface area contributed by atoms with E-state index in [0.29, 0.717) is 27.5 Å². The van der Waals surface area contributed by atoms with Crippen LogP contribution in [0.2, 0.25) is 5.02 Å². The standard InChI is InChI=1S/C15H15ClN2O2/c1-8-6-14(19)9(2)5-13(8)18-15(20)10-3-4-12(17)11(16)7-10/h3-7,19H,17H2,1-2H3,(H,18,20). The Balaban J connectivity index is 2.27. The van der Waals surface area contributed by atoms with Gasteiger partial charge in [-0.05, 0) is 55.3 Å². The third-order valence-electron chi connectivity index (χ3n) is 3.05. The molecule has 0 spiro atoms. The lowest BCUT2D eigenvalue weighted by Gasteiger charge is -2.11. The lowest BCUT2D eigenvalue weighted by Crippen LogP contribution is -2.13. The van der Waals surface area contributed by atoms with Crippen LogP contribution in [0.3, 0.4) is 0 Å². The average Bonchev–Trinajstić information content (AvgIpc) is 2.39. The number of carbonyl (C=O) groups is 1. The molecule has 0 aliphatic carbocycles. The molecule has 0 unspecified atom stereocenters. The smallest absolute Gasteiger partial charge is 0.255 e. The SMILES string of the molecule is Cc1cc(NC(=O)c2ccc(N)c(Cl)c2)c(C)cc1O. The Labute approximate surface area is 122 Å². The number of nitrogens with one attached hydrogen (secondary N) is 1. The van der Waals surface area contributed by atoms with Gasteiger partial charge in [0.2, 0.25) is 0 Å². The first-order valence-electron chi connectivity index (χ1n) is 6.05. The van der Waals surface area contributed by atoms with Gasteiger partial charge in [-0.2, -0.15) is 0 Å². The van der Waals surface area contributed by atoms with Crippen molar-refractivity contribution in [1.82, 2.24) is 0 Å². The van der Waals surface area contributed by atoms with Crippen molar-refractivity contribution in [3.8, 4) is 5.75 Å². The highest BCUT2D eigenvalue weighted by atomic mass is 35.5. The molecule has 4 nitrogen and oxygen atoms in total. The summed E-state index contributed by atoms with van der Waals surface area (Å²) in [5.74, 6) is -0.0730. The summed E-state index contributed by atoms with van der Waals surface area (Å²) in [7, 11) is 0. The predicted molar refractivity (Wildman–Crippen MR) is 81.4 cm³/mol. The molecule has 2 aromatic carbocycles. The molecule has 0 fully saturated rings. The largest absolute Gasteiger partial charge is 0.508 e. The first-order valence-corrected chi connectivity index (χ1v) is 6.43. The van der Waals surface area contributed by atoms with Crippen molar-refractivity contribution in [3.05, 3.63) is 52.0 Å². The molecule has 2 rings (SSSR count). The highest BCUT2D eigenvalue weighted by Crippen LogP contribution is 2.26. The summed E-state index contributed by atoms with van der Waals surface area (Å²) >= 11 is 5.90. The fraction of sp³-hybridized carbons (Fsp3) is 0.133. The van der Waals surface area contributed by atoms with E-state index in [1.54, 1.807) is 31.2 Å². The number of halogens is 1. The van der Waals surface area contributed by atoms with E-state index in [-0.39, 0.29) is 11.7 Å². The maximum absolute atomic E-state index is 12.2. The van der Waals surface area contributed by atoms with Crippen LogP contribution in [0.5, 0.6) is 5.75 Å². The van der Waals surface area contributed by atoms with E-state index in [4.69, 9.17) is 17.3 Å². The zero-order valence-electron chi connectivity index (χ0n) is 11.2. The molecular weight excluding hydrogens is 276 g/mol. The number of nitrogens with two attached hydrogens (primary N) is 1. The molecule has 2 aromatic rings. The van der Waals surface area contributed by atoms with Crippen LogP contribution in [0.25, 0.3) is 0 Å². The van der Waals surface area contributed by atoms with Crippen molar-refractivity contribution in [1.29, 1.82) is 0 Å². The van der Waals surface area contributed by atoms with Crippen molar-refractivity contribution in [2.45, 2.75) is 13.8 Å². The minimum Gasteiger partial charge on any atom is -0.508 e. The molecule has 0 saturated heterocycles. The minimum absolute atomic E-state index is 0.205. The second-order valence-electron chi connectivity index (χ2n) is 4.64. The molecule has 0 aliphatic heterocycles. The van der Waals surface area contributed by atoms with Crippen LogP contribution >= 0.6 is 11.6 Å². The summed E-state index contributed by atoms with van der Waals surface area (Å²) in [5.41, 5.74) is 8.59. The zero-order chi connectivity index (χ0) is 14.9. The van der Waals surface area contributed by atoms with Gasteiger partial charge in [0.05, 0.1) is 10.7 Å². The van der Waals surface area contributed by atoms with E-state index < -0.39 is 0 Å². The topological polar surface area (TPSA) is 75.4 Å². The first-order chi connectivity index (χ1) is 9.38. The van der Waals surface area contributed by atoms with Gasteiger partial charge < -0.3 is 16.2 Å². The van der Waals surface area contributed by atoms with Crippen LogP contribution in [0.4, 0.5) is 11.4 Å². The number of rotatable bonds is 2. The van der Waals surface area contributed by atoms with Gasteiger partial charge in [-0.25, -0.2) is 0 Å².